The lowest BCUT2D eigenvalue weighted by Gasteiger charge is -2.08. The summed E-state index contributed by atoms with van der Waals surface area (Å²) in [5.74, 6) is 0. The van der Waals surface area contributed by atoms with Crippen molar-refractivity contribution in [2.24, 2.45) is 0 Å². The van der Waals surface area contributed by atoms with Gasteiger partial charge in [-0.2, -0.15) is 8.42 Å². The van der Waals surface area contributed by atoms with Gasteiger partial charge in [0.1, 0.15) is 13.5 Å². The van der Waals surface area contributed by atoms with E-state index in [1.807, 2.05) is 0 Å². The van der Waals surface area contributed by atoms with Gasteiger partial charge in [-0.25, -0.2) is 0 Å². The molecule has 0 saturated carbocycles. The van der Waals surface area contributed by atoms with Crippen LogP contribution in [-0.2, 0) is 18.9 Å². The van der Waals surface area contributed by atoms with Gasteiger partial charge in [0.15, 0.2) is 0 Å². The van der Waals surface area contributed by atoms with Crippen molar-refractivity contribution < 1.29 is 17.2 Å². The van der Waals surface area contributed by atoms with Crippen molar-refractivity contribution in [2.75, 3.05) is 25.4 Å². The molecule has 0 heterocycles. The SMILES string of the molecule is CCP(C)(=O)COS(C)(=O)=O. The minimum absolute atomic E-state index is 0.178. The van der Waals surface area contributed by atoms with Gasteiger partial charge in [-0.1, -0.05) is 6.92 Å². The maximum Gasteiger partial charge on any atom is 0.264 e. The molecule has 0 aromatic carbocycles. The third-order valence-electron chi connectivity index (χ3n) is 1.21. The van der Waals surface area contributed by atoms with Gasteiger partial charge in [-0.3, -0.25) is 4.18 Å². The molecule has 0 aromatic heterocycles. The van der Waals surface area contributed by atoms with Crippen LogP contribution in [0.1, 0.15) is 6.92 Å². The number of hydrogen-bond acceptors (Lipinski definition) is 4. The Bertz CT molecular complexity index is 256. The summed E-state index contributed by atoms with van der Waals surface area (Å²) in [5.41, 5.74) is 0. The third-order valence-corrected chi connectivity index (χ3v) is 3.94. The van der Waals surface area contributed by atoms with Gasteiger partial charge in [0.05, 0.1) is 6.26 Å². The van der Waals surface area contributed by atoms with E-state index in [1.54, 1.807) is 6.92 Å². The van der Waals surface area contributed by atoms with E-state index in [9.17, 15) is 13.0 Å². The molecular formula is C5H13O4PS. The first-order valence-corrected chi connectivity index (χ1v) is 7.51. The first-order chi connectivity index (χ1) is 4.77. The molecular weight excluding hydrogens is 187 g/mol. The van der Waals surface area contributed by atoms with Gasteiger partial charge in [0.25, 0.3) is 10.1 Å². The average Bonchev–Trinajstić information content (AvgIpc) is 1.83. The number of rotatable bonds is 4. The molecule has 0 bridgehead atoms. The largest absolute Gasteiger partial charge is 0.321 e. The second-order valence-corrected chi connectivity index (χ2v) is 7.69. The molecule has 1 unspecified atom stereocenters. The molecule has 0 fully saturated rings. The van der Waals surface area contributed by atoms with Crippen molar-refractivity contribution in [2.45, 2.75) is 6.92 Å². The maximum absolute atomic E-state index is 11.2. The molecule has 0 spiro atoms. The lowest BCUT2D eigenvalue weighted by Crippen LogP contribution is -2.05. The van der Waals surface area contributed by atoms with Crippen LogP contribution < -0.4 is 0 Å². The van der Waals surface area contributed by atoms with Crippen molar-refractivity contribution in [1.82, 2.24) is 0 Å². The zero-order chi connectivity index (χ0) is 9.12. The summed E-state index contributed by atoms with van der Waals surface area (Å²) >= 11 is 0. The fourth-order valence-corrected chi connectivity index (χ4v) is 2.14. The molecule has 0 amide bonds. The highest BCUT2D eigenvalue weighted by atomic mass is 32.2. The molecule has 0 saturated heterocycles. The summed E-state index contributed by atoms with van der Waals surface area (Å²) in [4.78, 5) is 0. The van der Waals surface area contributed by atoms with Crippen molar-refractivity contribution in [3.63, 3.8) is 0 Å². The van der Waals surface area contributed by atoms with Crippen molar-refractivity contribution >= 4 is 17.3 Å². The number of hydrogen-bond donors (Lipinski definition) is 0. The second kappa shape index (κ2) is 3.70. The lowest BCUT2D eigenvalue weighted by atomic mass is 11.0. The van der Waals surface area contributed by atoms with Gasteiger partial charge in [-0.05, 0) is 6.66 Å². The summed E-state index contributed by atoms with van der Waals surface area (Å²) in [5, 5.41) is 0. The molecule has 0 aliphatic heterocycles. The minimum atomic E-state index is -3.44. The Hall–Kier alpha value is 0.140. The van der Waals surface area contributed by atoms with E-state index in [0.29, 0.717) is 6.16 Å². The standard InChI is InChI=1S/C5H13O4PS/c1-4-10(2,6)5-9-11(3,7)8/h4-5H2,1-3H3. The van der Waals surface area contributed by atoms with E-state index in [4.69, 9.17) is 0 Å². The summed E-state index contributed by atoms with van der Waals surface area (Å²) in [7, 11) is -5.81. The molecule has 0 rings (SSSR count). The molecule has 4 nitrogen and oxygen atoms in total. The minimum Gasteiger partial charge on any atom is -0.321 e. The topological polar surface area (TPSA) is 60.4 Å². The van der Waals surface area contributed by atoms with Crippen LogP contribution in [0.15, 0.2) is 0 Å². The Morgan fingerprint density at radius 2 is 1.91 bits per heavy atom. The molecule has 0 N–H and O–H groups in total. The Labute approximate surface area is 67.4 Å². The van der Waals surface area contributed by atoms with Crippen LogP contribution >= 0.6 is 7.14 Å². The molecule has 68 valence electrons. The van der Waals surface area contributed by atoms with E-state index in [2.05, 4.69) is 4.18 Å². The van der Waals surface area contributed by atoms with E-state index >= 15 is 0 Å². The summed E-state index contributed by atoms with van der Waals surface area (Å²) in [6.07, 6.45) is 1.23. The first-order valence-electron chi connectivity index (χ1n) is 3.17. The quantitative estimate of drug-likeness (QED) is 0.500. The third kappa shape index (κ3) is 6.53. The van der Waals surface area contributed by atoms with E-state index < -0.39 is 17.3 Å². The van der Waals surface area contributed by atoms with Crippen molar-refractivity contribution in [1.29, 1.82) is 0 Å². The lowest BCUT2D eigenvalue weighted by molar-refractivity contribution is 0.373. The van der Waals surface area contributed by atoms with Crippen molar-refractivity contribution in [3.8, 4) is 0 Å². The zero-order valence-corrected chi connectivity index (χ0v) is 8.61. The van der Waals surface area contributed by atoms with Gasteiger partial charge in [-0.15, -0.1) is 0 Å². The molecule has 6 heteroatoms. The van der Waals surface area contributed by atoms with Gasteiger partial charge < -0.3 is 4.57 Å². The predicted molar refractivity (Wildman–Crippen MR) is 44.9 cm³/mol. The molecule has 11 heavy (non-hydrogen) atoms. The zero-order valence-electron chi connectivity index (χ0n) is 6.90. The van der Waals surface area contributed by atoms with Crippen LogP contribution in [0.4, 0.5) is 0 Å². The molecule has 0 aliphatic carbocycles. The highest BCUT2D eigenvalue weighted by Gasteiger charge is 2.15. The fraction of sp³-hybridized carbons (Fsp3) is 1.00. The Morgan fingerprint density at radius 3 is 2.18 bits per heavy atom. The Kier molecular flexibility index (Phi) is 3.74. The van der Waals surface area contributed by atoms with Crippen LogP contribution in [0.3, 0.4) is 0 Å². The highest BCUT2D eigenvalue weighted by molar-refractivity contribution is 7.86. The van der Waals surface area contributed by atoms with E-state index in [-0.39, 0.29) is 6.35 Å². The average molecular weight is 200 g/mol. The fourth-order valence-electron chi connectivity index (χ4n) is 0.299. The summed E-state index contributed by atoms with van der Waals surface area (Å²) in [6, 6.07) is 0. The summed E-state index contributed by atoms with van der Waals surface area (Å²) < 4.78 is 36.5. The predicted octanol–water partition coefficient (Wildman–Crippen LogP) is 0.933. The smallest absolute Gasteiger partial charge is 0.264 e. The van der Waals surface area contributed by atoms with Crippen LogP contribution in [0.2, 0.25) is 0 Å². The first kappa shape index (κ1) is 11.1. The van der Waals surface area contributed by atoms with Crippen LogP contribution in [0.5, 0.6) is 0 Å². The van der Waals surface area contributed by atoms with E-state index in [0.717, 1.165) is 6.26 Å². The van der Waals surface area contributed by atoms with Crippen molar-refractivity contribution in [3.05, 3.63) is 0 Å². The van der Waals surface area contributed by atoms with Crippen LogP contribution in [0.25, 0.3) is 0 Å². The van der Waals surface area contributed by atoms with E-state index in [1.165, 1.54) is 6.66 Å². The molecule has 0 aliphatic rings. The highest BCUT2D eigenvalue weighted by Crippen LogP contribution is 2.40. The molecule has 0 aromatic rings. The van der Waals surface area contributed by atoms with Gasteiger partial charge in [0, 0.05) is 6.16 Å². The van der Waals surface area contributed by atoms with Gasteiger partial charge >= 0.3 is 0 Å². The Morgan fingerprint density at radius 1 is 1.45 bits per heavy atom. The normalized spacial score (nSPS) is 17.7. The molecule has 0 radical (unpaired) electrons. The molecule has 1 atom stereocenters. The van der Waals surface area contributed by atoms with Gasteiger partial charge in [0.2, 0.25) is 0 Å². The monoisotopic (exact) mass is 200 g/mol. The van der Waals surface area contributed by atoms with Crippen LogP contribution in [-0.4, -0.2) is 33.8 Å². The second-order valence-electron chi connectivity index (χ2n) is 2.56. The maximum atomic E-state index is 11.2. The van der Waals surface area contributed by atoms with Crippen LogP contribution in [0, 0.1) is 0 Å². The summed E-state index contributed by atoms with van der Waals surface area (Å²) in [6.45, 7) is 3.27. The Balaban J connectivity index is 4.01.